The number of rotatable bonds is 2. The van der Waals surface area contributed by atoms with Crippen molar-refractivity contribution in [3.8, 4) is 0 Å². The average Bonchev–Trinajstić information content (AvgIpc) is 2.26. The molecular formula is C14H22N2O2S. The molecule has 19 heavy (non-hydrogen) atoms. The molecule has 0 atom stereocenters. The summed E-state index contributed by atoms with van der Waals surface area (Å²) in [7, 11) is -3.47. The van der Waals surface area contributed by atoms with E-state index < -0.39 is 15.6 Å². The summed E-state index contributed by atoms with van der Waals surface area (Å²) in [5, 5.41) is 3.31. The van der Waals surface area contributed by atoms with Crippen LogP contribution in [-0.2, 0) is 16.4 Å². The predicted molar refractivity (Wildman–Crippen MR) is 78.1 cm³/mol. The minimum atomic E-state index is -3.47. The van der Waals surface area contributed by atoms with Gasteiger partial charge in [-0.2, -0.15) is 0 Å². The summed E-state index contributed by atoms with van der Waals surface area (Å²) in [5.74, 6) is 0. The van der Waals surface area contributed by atoms with Gasteiger partial charge in [-0.3, -0.25) is 0 Å². The molecule has 2 rings (SSSR count). The van der Waals surface area contributed by atoms with Crippen LogP contribution in [0, 0.1) is 6.92 Å². The molecule has 0 aromatic heterocycles. The van der Waals surface area contributed by atoms with Crippen molar-refractivity contribution in [2.75, 3.05) is 11.9 Å². The van der Waals surface area contributed by atoms with E-state index in [-0.39, 0.29) is 0 Å². The van der Waals surface area contributed by atoms with E-state index in [9.17, 15) is 8.42 Å². The Bertz CT molecular complexity index is 586. The van der Waals surface area contributed by atoms with Gasteiger partial charge >= 0.3 is 0 Å². The number of fused-ring (bicyclic) bond motifs is 1. The molecule has 0 saturated heterocycles. The molecule has 0 fully saturated rings. The lowest BCUT2D eigenvalue weighted by atomic mass is 10.00. The van der Waals surface area contributed by atoms with Crippen LogP contribution in [0.4, 0.5) is 5.69 Å². The third-order valence-electron chi connectivity index (χ3n) is 3.11. The maximum absolute atomic E-state index is 12.5. The molecule has 1 aromatic rings. The van der Waals surface area contributed by atoms with Crippen molar-refractivity contribution in [3.63, 3.8) is 0 Å². The van der Waals surface area contributed by atoms with Gasteiger partial charge in [0.2, 0.25) is 10.0 Å². The number of sulfonamides is 1. The lowest BCUT2D eigenvalue weighted by Crippen LogP contribution is -2.41. The van der Waals surface area contributed by atoms with Gasteiger partial charge in [0.25, 0.3) is 0 Å². The first kappa shape index (κ1) is 14.3. The third kappa shape index (κ3) is 3.09. The molecule has 5 heteroatoms. The van der Waals surface area contributed by atoms with E-state index in [0.29, 0.717) is 4.90 Å². The van der Waals surface area contributed by atoms with E-state index in [1.54, 1.807) is 6.07 Å². The van der Waals surface area contributed by atoms with Crippen LogP contribution in [-0.4, -0.2) is 20.5 Å². The van der Waals surface area contributed by atoms with Crippen LogP contribution in [0.3, 0.4) is 0 Å². The van der Waals surface area contributed by atoms with Crippen molar-refractivity contribution in [1.29, 1.82) is 0 Å². The first-order valence-corrected chi connectivity index (χ1v) is 8.09. The SMILES string of the molecule is Cc1ccc(S(=O)(=O)NC(C)(C)C)c2c1NCCC2. The fraction of sp³-hybridized carbons (Fsp3) is 0.571. The van der Waals surface area contributed by atoms with Gasteiger partial charge in [0, 0.05) is 17.8 Å². The third-order valence-corrected chi connectivity index (χ3v) is 4.96. The second-order valence-corrected chi connectivity index (χ2v) is 7.77. The summed E-state index contributed by atoms with van der Waals surface area (Å²) in [5.41, 5.74) is 2.54. The number of benzene rings is 1. The van der Waals surface area contributed by atoms with Gasteiger partial charge in [0.05, 0.1) is 4.90 Å². The molecule has 1 aliphatic heterocycles. The van der Waals surface area contributed by atoms with Gasteiger partial charge in [-0.15, -0.1) is 0 Å². The van der Waals surface area contributed by atoms with Gasteiger partial charge in [-0.1, -0.05) is 6.07 Å². The van der Waals surface area contributed by atoms with Crippen LogP contribution >= 0.6 is 0 Å². The summed E-state index contributed by atoms with van der Waals surface area (Å²) >= 11 is 0. The first-order valence-electron chi connectivity index (χ1n) is 6.61. The molecular weight excluding hydrogens is 260 g/mol. The van der Waals surface area contributed by atoms with Crippen molar-refractivity contribution in [3.05, 3.63) is 23.3 Å². The first-order chi connectivity index (χ1) is 8.71. The smallest absolute Gasteiger partial charge is 0.241 e. The molecule has 1 aliphatic rings. The minimum absolute atomic E-state index is 0.412. The number of hydrogen-bond acceptors (Lipinski definition) is 3. The summed E-state index contributed by atoms with van der Waals surface area (Å²) in [6.45, 7) is 8.46. The van der Waals surface area contributed by atoms with E-state index in [2.05, 4.69) is 10.0 Å². The Morgan fingerprint density at radius 2 is 1.95 bits per heavy atom. The van der Waals surface area contributed by atoms with Crippen LogP contribution < -0.4 is 10.0 Å². The highest BCUT2D eigenvalue weighted by Crippen LogP contribution is 2.31. The van der Waals surface area contributed by atoms with Crippen LogP contribution in [0.15, 0.2) is 17.0 Å². The molecule has 0 saturated carbocycles. The summed E-state index contributed by atoms with van der Waals surface area (Å²) in [6, 6.07) is 3.59. The Labute approximate surface area is 115 Å². The highest BCUT2D eigenvalue weighted by atomic mass is 32.2. The van der Waals surface area contributed by atoms with E-state index in [1.807, 2.05) is 33.8 Å². The summed E-state index contributed by atoms with van der Waals surface area (Å²) in [4.78, 5) is 0.412. The molecule has 0 radical (unpaired) electrons. The number of nitrogens with one attached hydrogen (secondary N) is 2. The second kappa shape index (κ2) is 4.80. The maximum Gasteiger partial charge on any atom is 0.241 e. The molecule has 106 valence electrons. The Kier molecular flexibility index (Phi) is 3.62. The van der Waals surface area contributed by atoms with Gasteiger partial charge in [0.1, 0.15) is 0 Å². The van der Waals surface area contributed by atoms with Crippen LogP contribution in [0.2, 0.25) is 0 Å². The van der Waals surface area contributed by atoms with Crippen molar-refractivity contribution in [2.45, 2.75) is 51.0 Å². The topological polar surface area (TPSA) is 58.2 Å². The fourth-order valence-electron chi connectivity index (χ4n) is 2.43. The molecule has 1 heterocycles. The van der Waals surface area contributed by atoms with Crippen molar-refractivity contribution >= 4 is 15.7 Å². The van der Waals surface area contributed by atoms with E-state index in [1.165, 1.54) is 0 Å². The van der Waals surface area contributed by atoms with Crippen molar-refractivity contribution < 1.29 is 8.42 Å². The Hall–Kier alpha value is -1.07. The van der Waals surface area contributed by atoms with Gasteiger partial charge < -0.3 is 5.32 Å². The summed E-state index contributed by atoms with van der Waals surface area (Å²) < 4.78 is 27.7. The van der Waals surface area contributed by atoms with Crippen LogP contribution in [0.1, 0.15) is 38.3 Å². The Morgan fingerprint density at radius 1 is 1.26 bits per heavy atom. The number of hydrogen-bond donors (Lipinski definition) is 2. The summed E-state index contributed by atoms with van der Waals surface area (Å²) in [6.07, 6.45) is 1.78. The highest BCUT2D eigenvalue weighted by molar-refractivity contribution is 7.89. The van der Waals surface area contributed by atoms with E-state index in [0.717, 1.165) is 36.2 Å². The van der Waals surface area contributed by atoms with Crippen LogP contribution in [0.5, 0.6) is 0 Å². The molecule has 0 amide bonds. The zero-order valence-corrected chi connectivity index (χ0v) is 12.8. The van der Waals surface area contributed by atoms with Gasteiger partial charge in [0.15, 0.2) is 0 Å². The molecule has 4 nitrogen and oxygen atoms in total. The quantitative estimate of drug-likeness (QED) is 0.876. The Morgan fingerprint density at radius 3 is 2.58 bits per heavy atom. The number of aryl methyl sites for hydroxylation is 1. The van der Waals surface area contributed by atoms with Crippen LogP contribution in [0.25, 0.3) is 0 Å². The molecule has 2 N–H and O–H groups in total. The molecule has 1 aromatic carbocycles. The zero-order valence-electron chi connectivity index (χ0n) is 12.0. The average molecular weight is 282 g/mol. The molecule has 0 spiro atoms. The number of anilines is 1. The van der Waals surface area contributed by atoms with Gasteiger partial charge in [-0.25, -0.2) is 13.1 Å². The highest BCUT2D eigenvalue weighted by Gasteiger charge is 2.27. The van der Waals surface area contributed by atoms with Crippen molar-refractivity contribution in [2.24, 2.45) is 0 Å². The largest absolute Gasteiger partial charge is 0.385 e. The molecule has 0 bridgehead atoms. The maximum atomic E-state index is 12.5. The lowest BCUT2D eigenvalue weighted by Gasteiger charge is -2.25. The van der Waals surface area contributed by atoms with Crippen molar-refractivity contribution in [1.82, 2.24) is 4.72 Å². The molecule has 0 aliphatic carbocycles. The zero-order chi connectivity index (χ0) is 14.3. The second-order valence-electron chi connectivity index (χ2n) is 6.12. The standard InChI is InChI=1S/C14H22N2O2S/c1-10-7-8-12(11-6-5-9-15-13(10)11)19(17,18)16-14(2,3)4/h7-8,15-16H,5-6,9H2,1-4H3. The molecule has 0 unspecified atom stereocenters. The Balaban J connectivity index is 2.52. The van der Waals surface area contributed by atoms with Gasteiger partial charge in [-0.05, 0) is 57.7 Å². The minimum Gasteiger partial charge on any atom is -0.385 e. The van der Waals surface area contributed by atoms with E-state index >= 15 is 0 Å². The van der Waals surface area contributed by atoms with E-state index in [4.69, 9.17) is 0 Å². The normalized spacial score (nSPS) is 15.8. The predicted octanol–water partition coefficient (Wildman–Crippen LogP) is 2.43. The monoisotopic (exact) mass is 282 g/mol. The fourth-order valence-corrected chi connectivity index (χ4v) is 4.12. The lowest BCUT2D eigenvalue weighted by molar-refractivity contribution is 0.491.